The number of methoxy groups -OCH3 is 1. The first-order valence-corrected chi connectivity index (χ1v) is 7.86. The molecule has 0 heterocycles. The minimum Gasteiger partial charge on any atom is -0.497 e. The quantitative estimate of drug-likeness (QED) is 0.846. The molecule has 0 saturated heterocycles. The summed E-state index contributed by atoms with van der Waals surface area (Å²) in [5.74, 6) is -1.65. The highest BCUT2D eigenvalue weighted by Crippen LogP contribution is 2.19. The van der Waals surface area contributed by atoms with Gasteiger partial charge < -0.3 is 14.8 Å². The van der Waals surface area contributed by atoms with E-state index in [1.807, 2.05) is 0 Å². The molecule has 126 valence electrons. The van der Waals surface area contributed by atoms with E-state index in [0.29, 0.717) is 5.75 Å². The van der Waals surface area contributed by atoms with Crippen molar-refractivity contribution >= 4 is 11.9 Å². The molecule has 2 rings (SSSR count). The monoisotopic (exact) mass is 323 g/mol. The second-order valence-corrected chi connectivity index (χ2v) is 5.74. The van der Waals surface area contributed by atoms with Gasteiger partial charge in [0.25, 0.3) is 5.91 Å². The lowest BCUT2D eigenvalue weighted by molar-refractivity contribution is -0.130. The third-order valence-electron chi connectivity index (χ3n) is 4.00. The summed E-state index contributed by atoms with van der Waals surface area (Å²) in [7, 11) is 1.41. The summed E-state index contributed by atoms with van der Waals surface area (Å²) in [5, 5.41) is 2.88. The topological polar surface area (TPSA) is 64.6 Å². The van der Waals surface area contributed by atoms with Gasteiger partial charge in [-0.15, -0.1) is 0 Å². The highest BCUT2D eigenvalue weighted by molar-refractivity contribution is 5.92. The summed E-state index contributed by atoms with van der Waals surface area (Å²) < 4.78 is 23.8. The average molecular weight is 323 g/mol. The van der Waals surface area contributed by atoms with Gasteiger partial charge in [-0.1, -0.05) is 19.3 Å². The zero-order chi connectivity index (χ0) is 16.8. The van der Waals surface area contributed by atoms with Crippen LogP contribution >= 0.6 is 0 Å². The predicted octanol–water partition coefficient (Wildman–Crippen LogP) is 2.83. The molecule has 0 aromatic heterocycles. The molecule has 1 aromatic carbocycles. The maximum Gasteiger partial charge on any atom is 0.341 e. The number of amides is 1. The van der Waals surface area contributed by atoms with Crippen LogP contribution in [0, 0.1) is 5.82 Å². The summed E-state index contributed by atoms with van der Waals surface area (Å²) >= 11 is 0. The number of carbonyl (C=O) groups excluding carboxylic acids is 2. The smallest absolute Gasteiger partial charge is 0.341 e. The highest BCUT2D eigenvalue weighted by atomic mass is 19.1. The summed E-state index contributed by atoms with van der Waals surface area (Å²) in [6, 6.07) is 3.98. The van der Waals surface area contributed by atoms with Gasteiger partial charge in [0.05, 0.1) is 12.7 Å². The largest absolute Gasteiger partial charge is 0.497 e. The van der Waals surface area contributed by atoms with Crippen LogP contribution < -0.4 is 10.1 Å². The number of hydrogen-bond donors (Lipinski definition) is 1. The lowest BCUT2D eigenvalue weighted by atomic mass is 9.95. The Kier molecular flexibility index (Phi) is 5.96. The Labute approximate surface area is 135 Å². The van der Waals surface area contributed by atoms with Crippen molar-refractivity contribution in [2.75, 3.05) is 7.11 Å². The Morgan fingerprint density at radius 1 is 1.26 bits per heavy atom. The van der Waals surface area contributed by atoms with Crippen LogP contribution in [0.25, 0.3) is 0 Å². The van der Waals surface area contributed by atoms with E-state index in [9.17, 15) is 14.0 Å². The lowest BCUT2D eigenvalue weighted by Crippen LogP contribution is -2.42. The zero-order valence-electron chi connectivity index (χ0n) is 13.4. The molecule has 0 spiro atoms. The summed E-state index contributed by atoms with van der Waals surface area (Å²) in [5.41, 5.74) is -0.219. The number of rotatable bonds is 5. The fraction of sp³-hybridized carbons (Fsp3) is 0.529. The van der Waals surface area contributed by atoms with Crippen molar-refractivity contribution in [1.82, 2.24) is 5.32 Å². The van der Waals surface area contributed by atoms with E-state index in [0.717, 1.165) is 31.7 Å². The molecule has 0 bridgehead atoms. The molecule has 0 aliphatic heterocycles. The van der Waals surface area contributed by atoms with Gasteiger partial charge in [0, 0.05) is 12.1 Å². The Morgan fingerprint density at radius 3 is 2.57 bits per heavy atom. The first kappa shape index (κ1) is 17.2. The van der Waals surface area contributed by atoms with E-state index >= 15 is 0 Å². The third kappa shape index (κ3) is 4.68. The Balaban J connectivity index is 1.92. The fourth-order valence-electron chi connectivity index (χ4n) is 2.63. The lowest BCUT2D eigenvalue weighted by Gasteiger charge is -2.24. The van der Waals surface area contributed by atoms with Gasteiger partial charge in [0.15, 0.2) is 6.10 Å². The Hall–Kier alpha value is -2.11. The third-order valence-corrected chi connectivity index (χ3v) is 4.00. The summed E-state index contributed by atoms with van der Waals surface area (Å²) in [6.45, 7) is 1.48. The Morgan fingerprint density at radius 2 is 1.96 bits per heavy atom. The van der Waals surface area contributed by atoms with Crippen LogP contribution in [0.1, 0.15) is 49.4 Å². The van der Waals surface area contributed by atoms with Gasteiger partial charge >= 0.3 is 5.97 Å². The van der Waals surface area contributed by atoms with Crippen molar-refractivity contribution in [1.29, 1.82) is 0 Å². The van der Waals surface area contributed by atoms with Gasteiger partial charge in [-0.2, -0.15) is 0 Å². The number of nitrogens with one attached hydrogen (secondary N) is 1. The van der Waals surface area contributed by atoms with E-state index in [-0.39, 0.29) is 17.5 Å². The molecule has 0 radical (unpaired) electrons. The van der Waals surface area contributed by atoms with Crippen molar-refractivity contribution in [3.05, 3.63) is 29.6 Å². The molecular weight excluding hydrogens is 301 g/mol. The van der Waals surface area contributed by atoms with E-state index < -0.39 is 17.9 Å². The predicted molar refractivity (Wildman–Crippen MR) is 82.8 cm³/mol. The molecule has 23 heavy (non-hydrogen) atoms. The number of benzene rings is 1. The normalized spacial score (nSPS) is 16.5. The summed E-state index contributed by atoms with van der Waals surface area (Å²) in [6.07, 6.45) is 4.30. The van der Waals surface area contributed by atoms with Crippen LogP contribution in [0.5, 0.6) is 5.75 Å². The van der Waals surface area contributed by atoms with Gasteiger partial charge in [-0.05, 0) is 31.9 Å². The van der Waals surface area contributed by atoms with Gasteiger partial charge in [0.1, 0.15) is 11.6 Å². The van der Waals surface area contributed by atoms with Crippen molar-refractivity contribution in [3.63, 3.8) is 0 Å². The van der Waals surface area contributed by atoms with E-state index in [4.69, 9.17) is 9.47 Å². The molecule has 6 heteroatoms. The van der Waals surface area contributed by atoms with Crippen LogP contribution in [0.3, 0.4) is 0 Å². The molecule has 1 atom stereocenters. The number of hydrogen-bond acceptors (Lipinski definition) is 4. The molecule has 1 amide bonds. The first-order valence-electron chi connectivity index (χ1n) is 7.86. The Bertz CT molecular complexity index is 570. The van der Waals surface area contributed by atoms with Crippen LogP contribution in [0.2, 0.25) is 0 Å². The minimum atomic E-state index is -0.967. The van der Waals surface area contributed by atoms with E-state index in [1.54, 1.807) is 0 Å². The highest BCUT2D eigenvalue weighted by Gasteiger charge is 2.24. The van der Waals surface area contributed by atoms with Gasteiger partial charge in [0.2, 0.25) is 0 Å². The average Bonchev–Trinajstić information content (AvgIpc) is 2.55. The molecule has 1 saturated carbocycles. The SMILES string of the molecule is COc1ccc(C(=O)O[C@H](C)C(=O)NC2CCCCC2)c(F)c1. The van der Waals surface area contributed by atoms with Crippen molar-refractivity contribution in [2.45, 2.75) is 51.2 Å². The maximum absolute atomic E-state index is 13.8. The molecule has 1 fully saturated rings. The number of carbonyl (C=O) groups is 2. The van der Waals surface area contributed by atoms with Crippen molar-refractivity contribution < 1.29 is 23.5 Å². The van der Waals surface area contributed by atoms with Crippen LogP contribution in [-0.4, -0.2) is 31.1 Å². The van der Waals surface area contributed by atoms with Crippen LogP contribution in [0.15, 0.2) is 18.2 Å². The van der Waals surface area contributed by atoms with E-state index in [1.165, 1.54) is 32.6 Å². The number of esters is 1. The molecule has 1 N–H and O–H groups in total. The molecule has 0 unspecified atom stereocenters. The van der Waals surface area contributed by atoms with Crippen LogP contribution in [-0.2, 0) is 9.53 Å². The number of ether oxygens (including phenoxy) is 2. The molecular formula is C17H22FNO4. The van der Waals surface area contributed by atoms with Crippen molar-refractivity contribution in [2.24, 2.45) is 0 Å². The maximum atomic E-state index is 13.8. The fourth-order valence-corrected chi connectivity index (χ4v) is 2.63. The summed E-state index contributed by atoms with van der Waals surface area (Å²) in [4.78, 5) is 24.1. The second-order valence-electron chi connectivity index (χ2n) is 5.74. The van der Waals surface area contributed by atoms with Crippen LogP contribution in [0.4, 0.5) is 4.39 Å². The molecule has 1 aromatic rings. The van der Waals surface area contributed by atoms with Gasteiger partial charge in [-0.25, -0.2) is 9.18 Å². The zero-order valence-corrected chi connectivity index (χ0v) is 13.4. The molecule has 1 aliphatic rings. The standard InChI is InChI=1S/C17H22FNO4/c1-11(16(20)19-12-6-4-3-5-7-12)23-17(21)14-9-8-13(22-2)10-15(14)18/h8-12H,3-7H2,1-2H3,(H,19,20)/t11-/m1/s1. The van der Waals surface area contributed by atoms with E-state index in [2.05, 4.69) is 5.32 Å². The molecule has 5 nitrogen and oxygen atoms in total. The van der Waals surface area contributed by atoms with Gasteiger partial charge in [-0.3, -0.25) is 4.79 Å². The molecule has 1 aliphatic carbocycles. The second kappa shape index (κ2) is 7.94. The number of halogens is 1. The minimum absolute atomic E-state index is 0.134. The van der Waals surface area contributed by atoms with Crippen molar-refractivity contribution in [3.8, 4) is 5.75 Å². The first-order chi connectivity index (χ1) is 11.0.